The van der Waals surface area contributed by atoms with E-state index < -0.39 is 0 Å². The molecule has 6 nitrogen and oxygen atoms in total. The van der Waals surface area contributed by atoms with Crippen molar-refractivity contribution in [2.24, 2.45) is 0 Å². The molecule has 6 heterocycles. The molecule has 0 radical (unpaired) electrons. The minimum Gasteiger partial charge on any atom is -0.308 e. The molecular weight excluding hydrogens is 1230 g/mol. The van der Waals surface area contributed by atoms with Crippen LogP contribution < -0.4 is 0 Å². The Bertz CT molecular complexity index is 7260. The lowest BCUT2D eigenvalue weighted by Crippen LogP contribution is -2.03. The Morgan fingerprint density at radius 3 is 1.03 bits per heavy atom. The summed E-state index contributed by atoms with van der Waals surface area (Å²) in [6.45, 7) is 0. The lowest BCUT2D eigenvalue weighted by molar-refractivity contribution is 1.14. The quantitative estimate of drug-likeness (QED) is 0.130. The number of benzene rings is 18. The molecule has 0 aliphatic carbocycles. The average molecular weight is 1280 g/mol. The molecular formula is C90H48N6S2. The number of hydrogen-bond acceptors (Lipinski definition) is 4. The topological polar surface area (TPSA) is 45.5 Å². The largest absolute Gasteiger partial charge is 0.308 e. The summed E-state index contributed by atoms with van der Waals surface area (Å²) < 4.78 is 14.9. The first-order valence-electron chi connectivity index (χ1n) is 33.5. The Labute approximate surface area is 564 Å². The molecule has 0 amide bonds. The minimum atomic E-state index is 1.03. The van der Waals surface area contributed by atoms with Crippen LogP contribution >= 0.6 is 22.7 Å². The Kier molecular flexibility index (Phi) is 9.91. The Morgan fingerprint density at radius 1 is 0.204 bits per heavy atom. The van der Waals surface area contributed by atoms with E-state index in [-0.39, 0.29) is 0 Å². The van der Waals surface area contributed by atoms with Crippen LogP contribution in [-0.2, 0) is 0 Å². The summed E-state index contributed by atoms with van der Waals surface area (Å²) in [5, 5.41) is 32.8. The minimum absolute atomic E-state index is 1.03. The normalized spacial score (nSPS) is 12.7. The molecule has 98 heavy (non-hydrogen) atoms. The standard InChI is InChI=1S/C90H48N6S2/c1-3-29-79-71(27-1)95(75-45-73-67(43-81(75)97-79)89-63-25-9-23-57-55-19-5-13-49-15-7-21-59(83(49)55)65(87(57)63)41-77(89)93(73)53-17-11-39-91-47-53)69-37-33-51-32-36-62-70(38-34-52-31-35-61(69)85(51)86(52)62)96-72-28-2-4-30-80(72)98-82-44-68-74(46-76(82)96)94(54-18-12-40-92-48-54)78-42-66-60-22-8-16-50-14-6-20-56(84(50)60)58-24-10-26-64(88(58)66)90(68)78/h1-48H. The second-order valence-electron chi connectivity index (χ2n) is 26.7. The molecule has 6 aromatic heterocycles. The molecule has 0 saturated carbocycles. The van der Waals surface area contributed by atoms with Crippen LogP contribution in [0.3, 0.4) is 0 Å². The maximum Gasteiger partial charge on any atom is 0.0656 e. The van der Waals surface area contributed by atoms with E-state index in [9.17, 15) is 0 Å². The van der Waals surface area contributed by atoms with E-state index in [1.165, 1.54) is 159 Å². The highest BCUT2D eigenvalue weighted by Crippen LogP contribution is 2.51. The Balaban J connectivity index is 0.779. The van der Waals surface area contributed by atoms with Gasteiger partial charge in [0.1, 0.15) is 0 Å². The summed E-state index contributed by atoms with van der Waals surface area (Å²) >= 11 is 3.74. The second kappa shape index (κ2) is 18.7. The number of rotatable bonds is 4. The highest BCUT2D eigenvalue weighted by molar-refractivity contribution is 7.25. The number of nitrogens with zero attached hydrogens (tertiary/aromatic N) is 6. The molecule has 0 saturated heterocycles. The highest BCUT2D eigenvalue weighted by atomic mass is 32.1. The van der Waals surface area contributed by atoms with Gasteiger partial charge in [0.2, 0.25) is 0 Å². The molecule has 24 aromatic rings. The van der Waals surface area contributed by atoms with Crippen molar-refractivity contribution in [3.63, 3.8) is 0 Å². The summed E-state index contributed by atoms with van der Waals surface area (Å²) in [5.74, 6) is 0. The van der Waals surface area contributed by atoms with Crippen LogP contribution in [0.1, 0.15) is 0 Å². The number of para-hydroxylation sites is 2. The second-order valence-corrected chi connectivity index (χ2v) is 28.8. The van der Waals surface area contributed by atoms with E-state index in [2.05, 4.69) is 285 Å². The van der Waals surface area contributed by atoms with Crippen LogP contribution in [-0.4, -0.2) is 28.2 Å². The van der Waals surface area contributed by atoms with E-state index >= 15 is 0 Å². The zero-order valence-electron chi connectivity index (χ0n) is 52.2. The first-order chi connectivity index (χ1) is 48.6. The monoisotopic (exact) mass is 1280 g/mol. The van der Waals surface area contributed by atoms with Crippen molar-refractivity contribution in [3.8, 4) is 22.7 Å². The Morgan fingerprint density at radius 2 is 0.592 bits per heavy atom. The molecule has 450 valence electrons. The van der Waals surface area contributed by atoms with Crippen molar-refractivity contribution < 1.29 is 0 Å². The van der Waals surface area contributed by atoms with Crippen LogP contribution in [0, 0.1) is 0 Å². The van der Waals surface area contributed by atoms with Crippen molar-refractivity contribution in [1.29, 1.82) is 0 Å². The molecule has 24 rings (SSSR count). The van der Waals surface area contributed by atoms with Crippen molar-refractivity contribution in [2.75, 3.05) is 0 Å². The van der Waals surface area contributed by atoms with Gasteiger partial charge in [-0.15, -0.1) is 22.7 Å². The fourth-order valence-corrected chi connectivity index (χ4v) is 20.3. The fraction of sp³-hybridized carbons (Fsp3) is 0. The molecule has 0 bridgehead atoms. The zero-order valence-corrected chi connectivity index (χ0v) is 53.8. The molecule has 0 fully saturated rings. The number of aromatic nitrogens is 6. The van der Waals surface area contributed by atoms with Gasteiger partial charge in [-0.3, -0.25) is 9.97 Å². The predicted octanol–water partition coefficient (Wildman–Crippen LogP) is 25.1. The van der Waals surface area contributed by atoms with Gasteiger partial charge < -0.3 is 18.3 Å². The van der Waals surface area contributed by atoms with Gasteiger partial charge in [-0.05, 0) is 205 Å². The average Bonchev–Trinajstić information content (AvgIpc) is 1.48. The van der Waals surface area contributed by atoms with Crippen molar-refractivity contribution in [3.05, 3.63) is 292 Å². The van der Waals surface area contributed by atoms with Gasteiger partial charge in [-0.25, -0.2) is 0 Å². The van der Waals surface area contributed by atoms with E-state index in [0.717, 1.165) is 66.9 Å². The van der Waals surface area contributed by atoms with Gasteiger partial charge >= 0.3 is 0 Å². The van der Waals surface area contributed by atoms with Gasteiger partial charge in [0.05, 0.1) is 98.1 Å². The maximum atomic E-state index is 4.78. The predicted molar refractivity (Wildman–Crippen MR) is 419 cm³/mol. The highest BCUT2D eigenvalue weighted by Gasteiger charge is 2.27. The van der Waals surface area contributed by atoms with Gasteiger partial charge in [0.15, 0.2) is 0 Å². The molecule has 0 aliphatic heterocycles. The smallest absolute Gasteiger partial charge is 0.0656 e. The first-order valence-corrected chi connectivity index (χ1v) is 35.1. The van der Waals surface area contributed by atoms with Gasteiger partial charge in [0, 0.05) is 44.7 Å². The van der Waals surface area contributed by atoms with Crippen LogP contribution in [0.25, 0.3) is 226 Å². The summed E-state index contributed by atoms with van der Waals surface area (Å²) in [7, 11) is 0. The van der Waals surface area contributed by atoms with E-state index in [1.54, 1.807) is 0 Å². The van der Waals surface area contributed by atoms with Gasteiger partial charge in [-0.2, -0.15) is 0 Å². The van der Waals surface area contributed by atoms with E-state index in [0.29, 0.717) is 0 Å². The van der Waals surface area contributed by atoms with Crippen molar-refractivity contribution in [1.82, 2.24) is 28.2 Å². The van der Waals surface area contributed by atoms with Gasteiger partial charge in [0.25, 0.3) is 0 Å². The molecule has 0 N–H and O–H groups in total. The summed E-state index contributed by atoms with van der Waals surface area (Å²) in [4.78, 5) is 9.56. The summed E-state index contributed by atoms with van der Waals surface area (Å²) in [5.41, 5.74) is 13.5. The lowest BCUT2D eigenvalue weighted by Gasteiger charge is -2.22. The molecule has 8 heteroatoms. The van der Waals surface area contributed by atoms with Crippen LogP contribution in [0.15, 0.2) is 292 Å². The third-order valence-electron chi connectivity index (χ3n) is 22.0. The molecule has 0 aliphatic rings. The molecule has 18 aromatic carbocycles. The Hall–Kier alpha value is -12.5. The van der Waals surface area contributed by atoms with Crippen molar-refractivity contribution >= 4 is 226 Å². The summed E-state index contributed by atoms with van der Waals surface area (Å²) in [6, 6.07) is 101. The summed E-state index contributed by atoms with van der Waals surface area (Å²) in [6.07, 6.45) is 7.80. The zero-order chi connectivity index (χ0) is 63.3. The lowest BCUT2D eigenvalue weighted by atomic mass is 9.88. The third-order valence-corrected chi connectivity index (χ3v) is 24.2. The van der Waals surface area contributed by atoms with Gasteiger partial charge in [-0.1, -0.05) is 170 Å². The molecule has 0 spiro atoms. The van der Waals surface area contributed by atoms with Crippen molar-refractivity contribution in [2.45, 2.75) is 0 Å². The van der Waals surface area contributed by atoms with E-state index in [4.69, 9.17) is 9.97 Å². The van der Waals surface area contributed by atoms with Crippen LogP contribution in [0.2, 0.25) is 0 Å². The maximum absolute atomic E-state index is 4.78. The first kappa shape index (κ1) is 51.9. The number of fused-ring (bicyclic) bond motifs is 16. The number of pyridine rings is 2. The third kappa shape index (κ3) is 6.61. The van der Waals surface area contributed by atoms with E-state index in [1.807, 2.05) is 47.5 Å². The van der Waals surface area contributed by atoms with Crippen LogP contribution in [0.4, 0.5) is 0 Å². The fourth-order valence-electron chi connectivity index (χ4n) is 18.1. The molecule has 0 unspecified atom stereocenters. The number of hydrogen-bond donors (Lipinski definition) is 0. The molecule has 0 atom stereocenters. The SMILES string of the molecule is c1cncc(-n2c3cc4c(cc3c3c5cccc6c7cccc8cccc(c(cc32)c65)c87)sc2ccccc2n4-c2ccc3ccc4c(-n5c6ccccc6sc6cc7c8c9cccc%10c%11cccc%12cccc(c(cc8n(-c8cccnc8)c7cc65)c%109)c%12%11)ccc5ccc2c3c54)c1. The van der Waals surface area contributed by atoms with Crippen LogP contribution in [0.5, 0.6) is 0 Å².